The van der Waals surface area contributed by atoms with Gasteiger partial charge in [-0.3, -0.25) is 0 Å². The van der Waals surface area contributed by atoms with E-state index in [2.05, 4.69) is 21.0 Å². The molecule has 5 nitrogen and oxygen atoms in total. The molecule has 1 aliphatic rings. The van der Waals surface area contributed by atoms with Crippen LogP contribution in [0.1, 0.15) is 17.5 Å². The number of fused-ring (bicyclic) bond motifs is 1. The summed E-state index contributed by atoms with van der Waals surface area (Å²) in [6, 6.07) is 7.96. The van der Waals surface area contributed by atoms with Gasteiger partial charge in [-0.2, -0.15) is 9.97 Å². The number of aromatic nitrogens is 3. The number of hydrogen-bond donors (Lipinski definition) is 1. The number of ether oxygens (including phenoxy) is 1. The molecule has 18 heavy (non-hydrogen) atoms. The SMILES string of the molecule is CSc1nc(N)nc(C2Cc3ccccc3O2)n1. The van der Waals surface area contributed by atoms with E-state index < -0.39 is 0 Å². The zero-order chi connectivity index (χ0) is 12.5. The Labute approximate surface area is 109 Å². The molecule has 6 heteroatoms. The highest BCUT2D eigenvalue weighted by molar-refractivity contribution is 7.98. The molecule has 0 fully saturated rings. The monoisotopic (exact) mass is 260 g/mol. The highest BCUT2D eigenvalue weighted by Crippen LogP contribution is 2.35. The molecular weight excluding hydrogens is 248 g/mol. The molecule has 92 valence electrons. The molecule has 1 aromatic carbocycles. The van der Waals surface area contributed by atoms with Crippen LogP contribution in [0.2, 0.25) is 0 Å². The van der Waals surface area contributed by atoms with Crippen molar-refractivity contribution in [3.05, 3.63) is 35.7 Å². The van der Waals surface area contributed by atoms with Crippen molar-refractivity contribution in [2.45, 2.75) is 17.7 Å². The fourth-order valence-corrected chi connectivity index (χ4v) is 2.32. The maximum Gasteiger partial charge on any atom is 0.224 e. The Kier molecular flexibility index (Phi) is 2.79. The average Bonchev–Trinajstić information content (AvgIpc) is 2.81. The first-order chi connectivity index (χ1) is 8.76. The molecule has 0 spiro atoms. The maximum atomic E-state index is 5.83. The summed E-state index contributed by atoms with van der Waals surface area (Å²) in [6.07, 6.45) is 2.51. The molecule has 1 unspecified atom stereocenters. The smallest absolute Gasteiger partial charge is 0.224 e. The molecule has 1 atom stereocenters. The zero-order valence-electron chi connectivity index (χ0n) is 9.83. The van der Waals surface area contributed by atoms with Gasteiger partial charge >= 0.3 is 0 Å². The summed E-state index contributed by atoms with van der Waals surface area (Å²) < 4.78 is 5.83. The number of anilines is 1. The highest BCUT2D eigenvalue weighted by Gasteiger charge is 2.27. The van der Waals surface area contributed by atoms with Gasteiger partial charge in [0.15, 0.2) is 17.1 Å². The van der Waals surface area contributed by atoms with Crippen LogP contribution in [0.3, 0.4) is 0 Å². The second kappa shape index (κ2) is 4.45. The number of nitrogens with zero attached hydrogens (tertiary/aromatic N) is 3. The maximum absolute atomic E-state index is 5.83. The van der Waals surface area contributed by atoms with Crippen molar-refractivity contribution >= 4 is 17.7 Å². The van der Waals surface area contributed by atoms with Gasteiger partial charge in [0.2, 0.25) is 5.95 Å². The van der Waals surface area contributed by atoms with Crippen LogP contribution in [0, 0.1) is 0 Å². The number of rotatable bonds is 2. The van der Waals surface area contributed by atoms with Crippen LogP contribution in [0.4, 0.5) is 5.95 Å². The number of para-hydroxylation sites is 1. The topological polar surface area (TPSA) is 73.9 Å². The Morgan fingerprint density at radius 2 is 2.11 bits per heavy atom. The van der Waals surface area contributed by atoms with Crippen molar-refractivity contribution < 1.29 is 4.74 Å². The fraction of sp³-hybridized carbons (Fsp3) is 0.250. The van der Waals surface area contributed by atoms with E-state index in [1.165, 1.54) is 17.3 Å². The van der Waals surface area contributed by atoms with Crippen LogP contribution >= 0.6 is 11.8 Å². The van der Waals surface area contributed by atoms with E-state index in [1.807, 2.05) is 24.5 Å². The highest BCUT2D eigenvalue weighted by atomic mass is 32.2. The molecule has 2 aromatic rings. The number of benzene rings is 1. The average molecular weight is 260 g/mol. The summed E-state index contributed by atoms with van der Waals surface area (Å²) in [5, 5.41) is 0.622. The minimum Gasteiger partial charge on any atom is -0.482 e. The first-order valence-corrected chi connectivity index (χ1v) is 6.79. The van der Waals surface area contributed by atoms with Gasteiger partial charge in [0.1, 0.15) is 5.75 Å². The third-order valence-electron chi connectivity index (χ3n) is 2.77. The third kappa shape index (κ3) is 1.99. The largest absolute Gasteiger partial charge is 0.482 e. The molecule has 1 aromatic heterocycles. The van der Waals surface area contributed by atoms with E-state index in [0.717, 1.165) is 12.2 Å². The van der Waals surface area contributed by atoms with E-state index in [4.69, 9.17) is 10.5 Å². The van der Waals surface area contributed by atoms with Crippen molar-refractivity contribution in [2.24, 2.45) is 0 Å². The second-order valence-corrected chi connectivity index (χ2v) is 4.73. The molecule has 3 rings (SSSR count). The summed E-state index contributed by atoms with van der Waals surface area (Å²) in [5.74, 6) is 1.74. The number of nitrogens with two attached hydrogens (primary N) is 1. The van der Waals surface area contributed by atoms with Gasteiger partial charge in [0.05, 0.1) is 0 Å². The quantitative estimate of drug-likeness (QED) is 0.831. The summed E-state index contributed by atoms with van der Waals surface area (Å²) in [6.45, 7) is 0. The summed E-state index contributed by atoms with van der Waals surface area (Å²) >= 11 is 1.44. The minimum atomic E-state index is -0.168. The van der Waals surface area contributed by atoms with E-state index in [9.17, 15) is 0 Å². The molecule has 0 aliphatic carbocycles. The van der Waals surface area contributed by atoms with Gasteiger partial charge in [-0.05, 0) is 17.9 Å². The lowest BCUT2D eigenvalue weighted by Crippen LogP contribution is -2.12. The molecule has 1 aliphatic heterocycles. The van der Waals surface area contributed by atoms with E-state index in [-0.39, 0.29) is 12.1 Å². The molecule has 2 N–H and O–H groups in total. The van der Waals surface area contributed by atoms with Gasteiger partial charge in [0, 0.05) is 6.42 Å². The van der Waals surface area contributed by atoms with Crippen LogP contribution in [0.25, 0.3) is 0 Å². The van der Waals surface area contributed by atoms with Gasteiger partial charge < -0.3 is 10.5 Å². The Bertz CT molecular complexity index is 565. The summed E-state index contributed by atoms with van der Waals surface area (Å²) in [7, 11) is 0. The lowest BCUT2D eigenvalue weighted by atomic mass is 10.1. The predicted molar refractivity (Wildman–Crippen MR) is 69.5 cm³/mol. The first-order valence-electron chi connectivity index (χ1n) is 5.56. The minimum absolute atomic E-state index is 0.168. The normalized spacial score (nSPS) is 17.3. The van der Waals surface area contributed by atoms with Gasteiger partial charge in [-0.25, -0.2) is 4.98 Å². The molecular formula is C12H12N4OS. The molecule has 0 bridgehead atoms. The first kappa shape index (κ1) is 11.3. The van der Waals surface area contributed by atoms with E-state index >= 15 is 0 Å². The number of thioether (sulfide) groups is 1. The predicted octanol–water partition coefficient (Wildman–Crippen LogP) is 1.85. The number of nitrogen functional groups attached to an aromatic ring is 1. The molecule has 0 radical (unpaired) electrons. The fourth-order valence-electron chi connectivity index (χ4n) is 1.95. The van der Waals surface area contributed by atoms with Gasteiger partial charge in [-0.1, -0.05) is 30.0 Å². The van der Waals surface area contributed by atoms with Crippen LogP contribution < -0.4 is 10.5 Å². The Balaban J connectivity index is 1.92. The zero-order valence-corrected chi connectivity index (χ0v) is 10.6. The molecule has 2 heterocycles. The molecule has 0 saturated carbocycles. The second-order valence-electron chi connectivity index (χ2n) is 3.96. The van der Waals surface area contributed by atoms with E-state index in [1.54, 1.807) is 0 Å². The van der Waals surface area contributed by atoms with Gasteiger partial charge in [0.25, 0.3) is 0 Å². The Hall–Kier alpha value is -1.82. The third-order valence-corrected chi connectivity index (χ3v) is 3.31. The standard InChI is InChI=1S/C12H12N4OS/c1-18-12-15-10(14-11(13)16-12)9-6-7-4-2-3-5-8(7)17-9/h2-5,9H,6H2,1H3,(H2,13,14,15,16). The van der Waals surface area contributed by atoms with Crippen LogP contribution in [0.5, 0.6) is 5.75 Å². The Morgan fingerprint density at radius 1 is 1.28 bits per heavy atom. The van der Waals surface area contributed by atoms with Crippen LogP contribution in [0.15, 0.2) is 29.4 Å². The van der Waals surface area contributed by atoms with Crippen LogP contribution in [-0.4, -0.2) is 21.2 Å². The van der Waals surface area contributed by atoms with Crippen molar-refractivity contribution in [1.29, 1.82) is 0 Å². The van der Waals surface area contributed by atoms with Crippen molar-refractivity contribution in [3.63, 3.8) is 0 Å². The lowest BCUT2D eigenvalue weighted by Gasteiger charge is -2.10. The Morgan fingerprint density at radius 3 is 2.89 bits per heavy atom. The van der Waals surface area contributed by atoms with Crippen molar-refractivity contribution in [1.82, 2.24) is 15.0 Å². The summed E-state index contributed by atoms with van der Waals surface area (Å²) in [5.41, 5.74) is 6.85. The number of hydrogen-bond acceptors (Lipinski definition) is 6. The summed E-state index contributed by atoms with van der Waals surface area (Å²) in [4.78, 5) is 12.6. The lowest BCUT2D eigenvalue weighted by molar-refractivity contribution is 0.226. The van der Waals surface area contributed by atoms with Crippen molar-refractivity contribution in [3.8, 4) is 5.75 Å². The van der Waals surface area contributed by atoms with Gasteiger partial charge in [-0.15, -0.1) is 0 Å². The van der Waals surface area contributed by atoms with Crippen molar-refractivity contribution in [2.75, 3.05) is 12.0 Å². The molecule has 0 saturated heterocycles. The van der Waals surface area contributed by atoms with E-state index in [0.29, 0.717) is 11.0 Å². The molecule has 0 amide bonds. The van der Waals surface area contributed by atoms with Crippen LogP contribution in [-0.2, 0) is 6.42 Å².